The average molecular weight is 544 g/mol. The van der Waals surface area contributed by atoms with E-state index in [1.54, 1.807) is 17.0 Å². The number of ether oxygens (including phenoxy) is 1. The van der Waals surface area contributed by atoms with Crippen molar-refractivity contribution in [3.05, 3.63) is 78.6 Å². The molecule has 1 N–H and O–H groups in total. The van der Waals surface area contributed by atoms with Crippen LogP contribution in [0.1, 0.15) is 6.92 Å². The Morgan fingerprint density at radius 2 is 1.66 bits per heavy atom. The summed E-state index contributed by atoms with van der Waals surface area (Å²) >= 11 is 0. The van der Waals surface area contributed by atoms with Crippen molar-refractivity contribution in [2.24, 2.45) is 0 Å². The fourth-order valence-corrected chi connectivity index (χ4v) is 4.50. The summed E-state index contributed by atoms with van der Waals surface area (Å²) in [6.07, 6.45) is 0. The maximum absolute atomic E-state index is 13.4. The summed E-state index contributed by atoms with van der Waals surface area (Å²) in [5.41, 5.74) is 1.94. The molecule has 3 aromatic carbocycles. The molecule has 1 aliphatic heterocycles. The van der Waals surface area contributed by atoms with Gasteiger partial charge in [0.2, 0.25) is 0 Å². The average Bonchev–Trinajstić information content (AvgIpc) is 2.89. The number of nitrogens with one attached hydrogen (secondary N) is 1. The number of amides is 2. The number of benzene rings is 3. The van der Waals surface area contributed by atoms with Crippen molar-refractivity contribution < 1.29 is 22.7 Å². The minimum absolute atomic E-state index is 0. The summed E-state index contributed by atoms with van der Waals surface area (Å²) in [5.74, 6) is 0.434. The second-order valence-electron chi connectivity index (χ2n) is 8.75. The normalized spacial score (nSPS) is 15.3. The van der Waals surface area contributed by atoms with Gasteiger partial charge in [0.25, 0.3) is 0 Å². The molecule has 1 fully saturated rings. The molecule has 5 rings (SSSR count). The second-order valence-corrected chi connectivity index (χ2v) is 8.75. The van der Waals surface area contributed by atoms with Crippen LogP contribution in [0.5, 0.6) is 5.75 Å². The zero-order valence-electron chi connectivity index (χ0n) is 20.4. The number of piperazine rings is 1. The van der Waals surface area contributed by atoms with E-state index < -0.39 is 6.61 Å². The number of rotatable bonds is 5. The van der Waals surface area contributed by atoms with E-state index in [1.165, 1.54) is 36.4 Å². The van der Waals surface area contributed by atoms with Gasteiger partial charge in [0.05, 0.1) is 0 Å². The van der Waals surface area contributed by atoms with Crippen LogP contribution in [0.4, 0.5) is 29.5 Å². The van der Waals surface area contributed by atoms with Gasteiger partial charge >= 0.3 is 12.6 Å². The van der Waals surface area contributed by atoms with Crippen LogP contribution in [0.2, 0.25) is 0 Å². The van der Waals surface area contributed by atoms with Crippen LogP contribution < -0.4 is 15.0 Å². The van der Waals surface area contributed by atoms with Crippen molar-refractivity contribution in [1.82, 2.24) is 15.1 Å². The minimum atomic E-state index is -2.90. The number of hydrogen-bond donors (Lipinski definition) is 1. The summed E-state index contributed by atoms with van der Waals surface area (Å²) in [5, 5.41) is 13.7. The molecule has 198 valence electrons. The van der Waals surface area contributed by atoms with E-state index >= 15 is 0 Å². The van der Waals surface area contributed by atoms with Crippen LogP contribution in [0.3, 0.4) is 0 Å². The number of nitrogens with zero attached hydrogens (tertiary/aromatic N) is 4. The van der Waals surface area contributed by atoms with Gasteiger partial charge in [-0.3, -0.25) is 0 Å². The summed E-state index contributed by atoms with van der Waals surface area (Å²) in [6.45, 7) is 0.566. The van der Waals surface area contributed by atoms with Crippen molar-refractivity contribution in [2.75, 3.05) is 29.9 Å². The van der Waals surface area contributed by atoms with Crippen molar-refractivity contribution in [2.45, 2.75) is 19.6 Å². The van der Waals surface area contributed by atoms with Gasteiger partial charge < -0.3 is 19.9 Å². The third-order valence-corrected chi connectivity index (χ3v) is 6.30. The number of carbonyl (C=O) groups excluding carboxylic acids is 1. The first kappa shape index (κ1) is 27.0. The van der Waals surface area contributed by atoms with Gasteiger partial charge in [0.15, 0.2) is 5.82 Å². The van der Waals surface area contributed by atoms with Crippen LogP contribution in [-0.4, -0.2) is 53.4 Å². The predicted octanol–water partition coefficient (Wildman–Crippen LogP) is 6.20. The molecule has 0 saturated carbocycles. The molecule has 11 heteroatoms. The molecule has 0 aliphatic carbocycles. The molecule has 0 bridgehead atoms. The van der Waals surface area contributed by atoms with E-state index in [2.05, 4.69) is 25.2 Å². The van der Waals surface area contributed by atoms with Crippen molar-refractivity contribution >= 4 is 40.7 Å². The Morgan fingerprint density at radius 3 is 2.32 bits per heavy atom. The highest BCUT2D eigenvalue weighted by Crippen LogP contribution is 2.33. The van der Waals surface area contributed by atoms with Gasteiger partial charge in [-0.1, -0.05) is 24.3 Å². The smallest absolute Gasteiger partial charge is 0.387 e. The lowest BCUT2D eigenvalue weighted by atomic mass is 10.0. The first-order valence-corrected chi connectivity index (χ1v) is 11.8. The molecule has 38 heavy (non-hydrogen) atoms. The van der Waals surface area contributed by atoms with Crippen LogP contribution in [0, 0.1) is 5.82 Å². The number of fused-ring (bicyclic) bond motifs is 1. The summed E-state index contributed by atoms with van der Waals surface area (Å²) in [4.78, 5) is 16.7. The largest absolute Gasteiger partial charge is 0.435 e. The SMILES string of the molecule is C[C@H]1CN(C(=O)Nc2ccc(OC(F)F)cc2)CCN1c1nnc(-c2ccc(F)cc2)c2ccccc12.Cl. The number of hydrogen-bond acceptors (Lipinski definition) is 5. The zero-order chi connectivity index (χ0) is 25.9. The van der Waals surface area contributed by atoms with Crippen LogP contribution >= 0.6 is 12.4 Å². The first-order chi connectivity index (χ1) is 17.9. The summed E-state index contributed by atoms with van der Waals surface area (Å²) < 4.78 is 42.4. The van der Waals surface area contributed by atoms with E-state index in [0.29, 0.717) is 31.0 Å². The van der Waals surface area contributed by atoms with Crippen molar-refractivity contribution in [3.63, 3.8) is 0 Å². The van der Waals surface area contributed by atoms with E-state index in [1.807, 2.05) is 31.2 Å². The van der Waals surface area contributed by atoms with Crippen LogP contribution in [-0.2, 0) is 0 Å². The number of alkyl halides is 2. The molecule has 0 radical (unpaired) electrons. The molecule has 1 atom stereocenters. The molecular weight excluding hydrogens is 519 g/mol. The molecule has 1 aliphatic rings. The highest BCUT2D eigenvalue weighted by atomic mass is 35.5. The topological polar surface area (TPSA) is 70.6 Å². The minimum Gasteiger partial charge on any atom is -0.435 e. The van der Waals surface area contributed by atoms with Gasteiger partial charge in [-0.25, -0.2) is 9.18 Å². The maximum atomic E-state index is 13.4. The molecule has 2 heterocycles. The maximum Gasteiger partial charge on any atom is 0.387 e. The molecule has 4 aromatic rings. The molecule has 1 saturated heterocycles. The number of aromatic nitrogens is 2. The van der Waals surface area contributed by atoms with Gasteiger partial charge in [0.1, 0.15) is 17.3 Å². The molecular formula is C27H25ClF3N5O2. The molecule has 2 amide bonds. The van der Waals surface area contributed by atoms with E-state index in [-0.39, 0.29) is 36.0 Å². The Hall–Kier alpha value is -4.05. The van der Waals surface area contributed by atoms with Gasteiger partial charge in [-0.15, -0.1) is 22.6 Å². The zero-order valence-corrected chi connectivity index (χ0v) is 21.2. The van der Waals surface area contributed by atoms with Gasteiger partial charge in [-0.2, -0.15) is 8.78 Å². The third kappa shape index (κ3) is 5.75. The van der Waals surface area contributed by atoms with Gasteiger partial charge in [-0.05, 0) is 55.5 Å². The standard InChI is InChI=1S/C27H24F3N5O2.ClH/c1-17-16-34(27(36)31-20-10-12-21(13-11-20)37-26(29)30)14-15-35(17)25-23-5-3-2-4-22(23)24(32-33-25)18-6-8-19(28)9-7-18;/h2-13,17,26H,14-16H2,1H3,(H,31,36);1H/t17-;/m0./s1. The monoisotopic (exact) mass is 543 g/mol. The molecule has 7 nitrogen and oxygen atoms in total. The Kier molecular flexibility index (Phi) is 8.21. The highest BCUT2D eigenvalue weighted by molar-refractivity contribution is 6.00. The van der Waals surface area contributed by atoms with E-state index in [4.69, 9.17) is 0 Å². The highest BCUT2D eigenvalue weighted by Gasteiger charge is 2.29. The number of urea groups is 1. The lowest BCUT2D eigenvalue weighted by molar-refractivity contribution is -0.0498. The second kappa shape index (κ2) is 11.6. The number of halogens is 4. The Bertz CT molecular complexity index is 1410. The lowest BCUT2D eigenvalue weighted by Crippen LogP contribution is -2.55. The quantitative estimate of drug-likeness (QED) is 0.324. The number of anilines is 2. The fraction of sp³-hybridized carbons (Fsp3) is 0.222. The molecule has 1 aromatic heterocycles. The molecule has 0 unspecified atom stereocenters. The number of carbonyl (C=O) groups is 1. The summed E-state index contributed by atoms with van der Waals surface area (Å²) in [7, 11) is 0. The van der Waals surface area contributed by atoms with Crippen LogP contribution in [0.15, 0.2) is 72.8 Å². The predicted molar refractivity (Wildman–Crippen MR) is 143 cm³/mol. The lowest BCUT2D eigenvalue weighted by Gasteiger charge is -2.40. The van der Waals surface area contributed by atoms with E-state index in [9.17, 15) is 18.0 Å². The third-order valence-electron chi connectivity index (χ3n) is 6.30. The Balaban J connectivity index is 0.00000336. The Morgan fingerprint density at radius 1 is 0.974 bits per heavy atom. The van der Waals surface area contributed by atoms with Crippen LogP contribution in [0.25, 0.3) is 22.0 Å². The Labute approximate surface area is 223 Å². The van der Waals surface area contributed by atoms with Crippen molar-refractivity contribution in [1.29, 1.82) is 0 Å². The van der Waals surface area contributed by atoms with Crippen molar-refractivity contribution in [3.8, 4) is 17.0 Å². The first-order valence-electron chi connectivity index (χ1n) is 11.8. The fourth-order valence-electron chi connectivity index (χ4n) is 4.50. The van der Waals surface area contributed by atoms with Gasteiger partial charge in [0, 0.05) is 47.7 Å². The molecule has 0 spiro atoms. The summed E-state index contributed by atoms with van der Waals surface area (Å²) in [6, 6.07) is 19.4. The van der Waals surface area contributed by atoms with E-state index in [0.717, 1.165) is 22.2 Å².